The first-order valence-electron chi connectivity index (χ1n) is 5.82. The molecule has 0 amide bonds. The Labute approximate surface area is 107 Å². The van der Waals surface area contributed by atoms with E-state index in [0.717, 1.165) is 19.5 Å². The van der Waals surface area contributed by atoms with Crippen molar-refractivity contribution in [1.82, 2.24) is 10.0 Å². The zero-order chi connectivity index (χ0) is 13.0. The van der Waals surface area contributed by atoms with Gasteiger partial charge in [-0.2, -0.15) is 5.26 Å². The van der Waals surface area contributed by atoms with Gasteiger partial charge < -0.3 is 5.32 Å². The number of nitrogens with zero attached hydrogens (tertiary/aromatic N) is 1. The van der Waals surface area contributed by atoms with Crippen molar-refractivity contribution < 1.29 is 8.42 Å². The van der Waals surface area contributed by atoms with Crippen LogP contribution in [-0.2, 0) is 10.0 Å². The van der Waals surface area contributed by atoms with Gasteiger partial charge >= 0.3 is 0 Å². The SMILES string of the molecule is N#Cc1cccc(S(=O)(=O)NCC2CCNC2)c1. The second kappa shape index (κ2) is 5.48. The van der Waals surface area contributed by atoms with Crippen molar-refractivity contribution in [3.05, 3.63) is 29.8 Å². The van der Waals surface area contributed by atoms with Gasteiger partial charge in [0.25, 0.3) is 0 Å². The fourth-order valence-electron chi connectivity index (χ4n) is 1.93. The smallest absolute Gasteiger partial charge is 0.240 e. The average molecular weight is 265 g/mol. The van der Waals surface area contributed by atoms with E-state index in [1.165, 1.54) is 12.1 Å². The quantitative estimate of drug-likeness (QED) is 0.828. The molecule has 1 atom stereocenters. The molecule has 6 heteroatoms. The molecule has 18 heavy (non-hydrogen) atoms. The van der Waals surface area contributed by atoms with Crippen LogP contribution in [0, 0.1) is 17.2 Å². The lowest BCUT2D eigenvalue weighted by Gasteiger charge is -2.10. The van der Waals surface area contributed by atoms with Crippen LogP contribution in [0.3, 0.4) is 0 Å². The summed E-state index contributed by atoms with van der Waals surface area (Å²) in [5.41, 5.74) is 0.348. The molecule has 0 aliphatic carbocycles. The highest BCUT2D eigenvalue weighted by Gasteiger charge is 2.19. The van der Waals surface area contributed by atoms with Gasteiger partial charge in [-0.15, -0.1) is 0 Å². The molecule has 0 saturated carbocycles. The van der Waals surface area contributed by atoms with Crippen LogP contribution in [0.4, 0.5) is 0 Å². The van der Waals surface area contributed by atoms with E-state index in [1.807, 2.05) is 6.07 Å². The summed E-state index contributed by atoms with van der Waals surface area (Å²) in [7, 11) is -3.51. The van der Waals surface area contributed by atoms with E-state index in [9.17, 15) is 8.42 Å². The van der Waals surface area contributed by atoms with Crippen LogP contribution in [0.1, 0.15) is 12.0 Å². The van der Waals surface area contributed by atoms with Crippen LogP contribution in [0.2, 0.25) is 0 Å². The lowest BCUT2D eigenvalue weighted by molar-refractivity contribution is 0.539. The minimum absolute atomic E-state index is 0.146. The van der Waals surface area contributed by atoms with Crippen molar-refractivity contribution in [3.8, 4) is 6.07 Å². The van der Waals surface area contributed by atoms with Crippen molar-refractivity contribution in [1.29, 1.82) is 5.26 Å². The number of hydrogen-bond acceptors (Lipinski definition) is 4. The van der Waals surface area contributed by atoms with Crippen LogP contribution in [0.5, 0.6) is 0 Å². The lowest BCUT2D eigenvalue weighted by atomic mass is 10.1. The van der Waals surface area contributed by atoms with Gasteiger partial charge in [0.2, 0.25) is 10.0 Å². The molecular formula is C12H15N3O2S. The molecule has 0 radical (unpaired) electrons. The van der Waals surface area contributed by atoms with Crippen LogP contribution < -0.4 is 10.0 Å². The molecule has 1 heterocycles. The summed E-state index contributed by atoms with van der Waals surface area (Å²) < 4.78 is 26.6. The molecule has 1 fully saturated rings. The Bertz CT molecular complexity index is 557. The van der Waals surface area contributed by atoms with Gasteiger partial charge in [0.15, 0.2) is 0 Å². The van der Waals surface area contributed by atoms with Crippen molar-refractivity contribution in [2.45, 2.75) is 11.3 Å². The highest BCUT2D eigenvalue weighted by atomic mass is 32.2. The third-order valence-corrected chi connectivity index (χ3v) is 4.42. The fourth-order valence-corrected chi connectivity index (χ4v) is 3.09. The molecule has 2 N–H and O–H groups in total. The standard InChI is InChI=1S/C12H15N3O2S/c13-7-10-2-1-3-12(6-10)18(16,17)15-9-11-4-5-14-8-11/h1-3,6,11,14-15H,4-5,8-9H2. The Balaban J connectivity index is 2.07. The first-order chi connectivity index (χ1) is 8.62. The van der Waals surface area contributed by atoms with E-state index < -0.39 is 10.0 Å². The molecule has 2 rings (SSSR count). The summed E-state index contributed by atoms with van der Waals surface area (Å²) in [6, 6.07) is 7.97. The zero-order valence-electron chi connectivity index (χ0n) is 9.89. The second-order valence-corrected chi connectivity index (χ2v) is 6.12. The summed E-state index contributed by atoms with van der Waals surface area (Å²) in [6.07, 6.45) is 0.987. The van der Waals surface area contributed by atoms with Gasteiger partial charge in [-0.25, -0.2) is 13.1 Å². The third-order valence-electron chi connectivity index (χ3n) is 3.00. The largest absolute Gasteiger partial charge is 0.316 e. The molecule has 96 valence electrons. The van der Waals surface area contributed by atoms with Crippen molar-refractivity contribution in [2.24, 2.45) is 5.92 Å². The Kier molecular flexibility index (Phi) is 3.97. The predicted octanol–water partition coefficient (Wildman–Crippen LogP) is 0.446. The minimum atomic E-state index is -3.51. The molecule has 1 aromatic carbocycles. The van der Waals surface area contributed by atoms with Crippen LogP contribution in [0.15, 0.2) is 29.2 Å². The lowest BCUT2D eigenvalue weighted by Crippen LogP contribution is -2.30. The minimum Gasteiger partial charge on any atom is -0.316 e. The Hall–Kier alpha value is -1.42. The molecule has 5 nitrogen and oxygen atoms in total. The van der Waals surface area contributed by atoms with E-state index in [-0.39, 0.29) is 4.90 Å². The number of nitrogens with one attached hydrogen (secondary N) is 2. The van der Waals surface area contributed by atoms with Crippen molar-refractivity contribution >= 4 is 10.0 Å². The van der Waals surface area contributed by atoms with E-state index >= 15 is 0 Å². The van der Waals surface area contributed by atoms with E-state index in [0.29, 0.717) is 18.0 Å². The van der Waals surface area contributed by atoms with Gasteiger partial charge in [-0.1, -0.05) is 6.07 Å². The number of nitriles is 1. The monoisotopic (exact) mass is 265 g/mol. The van der Waals surface area contributed by atoms with Gasteiger partial charge in [0.1, 0.15) is 0 Å². The Morgan fingerprint density at radius 1 is 1.50 bits per heavy atom. The highest BCUT2D eigenvalue weighted by Crippen LogP contribution is 2.12. The highest BCUT2D eigenvalue weighted by molar-refractivity contribution is 7.89. The number of sulfonamides is 1. The van der Waals surface area contributed by atoms with E-state index in [2.05, 4.69) is 10.0 Å². The molecule has 1 aliphatic heterocycles. The Morgan fingerprint density at radius 2 is 2.33 bits per heavy atom. The van der Waals surface area contributed by atoms with Crippen molar-refractivity contribution in [2.75, 3.05) is 19.6 Å². The number of rotatable bonds is 4. The van der Waals surface area contributed by atoms with E-state index in [4.69, 9.17) is 5.26 Å². The van der Waals surface area contributed by atoms with Crippen LogP contribution >= 0.6 is 0 Å². The molecule has 1 aromatic rings. The molecular weight excluding hydrogens is 250 g/mol. The predicted molar refractivity (Wildman–Crippen MR) is 67.3 cm³/mol. The van der Waals surface area contributed by atoms with Gasteiger partial charge in [0.05, 0.1) is 16.5 Å². The van der Waals surface area contributed by atoms with Gasteiger partial charge in [-0.05, 0) is 43.6 Å². The summed E-state index contributed by atoms with van der Waals surface area (Å²) in [4.78, 5) is 0.146. The molecule has 1 saturated heterocycles. The number of benzene rings is 1. The second-order valence-electron chi connectivity index (χ2n) is 4.35. The summed E-state index contributed by atoms with van der Waals surface area (Å²) in [5.74, 6) is 0.346. The zero-order valence-corrected chi connectivity index (χ0v) is 10.7. The fraction of sp³-hybridized carbons (Fsp3) is 0.417. The molecule has 0 aromatic heterocycles. The summed E-state index contributed by atoms with van der Waals surface area (Å²) in [5, 5.41) is 11.9. The maximum atomic E-state index is 12.0. The average Bonchev–Trinajstić information content (AvgIpc) is 2.90. The maximum absolute atomic E-state index is 12.0. The third kappa shape index (κ3) is 3.07. The van der Waals surface area contributed by atoms with Crippen molar-refractivity contribution in [3.63, 3.8) is 0 Å². The molecule has 0 spiro atoms. The normalized spacial score (nSPS) is 19.6. The first kappa shape index (κ1) is 13.0. The maximum Gasteiger partial charge on any atom is 0.240 e. The van der Waals surface area contributed by atoms with Gasteiger partial charge in [-0.3, -0.25) is 0 Å². The van der Waals surface area contributed by atoms with E-state index in [1.54, 1.807) is 12.1 Å². The Morgan fingerprint density at radius 3 is 3.00 bits per heavy atom. The summed E-state index contributed by atoms with van der Waals surface area (Å²) >= 11 is 0. The molecule has 1 aliphatic rings. The number of hydrogen-bond donors (Lipinski definition) is 2. The molecule has 0 bridgehead atoms. The van der Waals surface area contributed by atoms with Gasteiger partial charge in [0, 0.05) is 6.54 Å². The van der Waals surface area contributed by atoms with Crippen LogP contribution in [0.25, 0.3) is 0 Å². The molecule has 1 unspecified atom stereocenters. The summed E-state index contributed by atoms with van der Waals surface area (Å²) in [6.45, 7) is 2.23. The topological polar surface area (TPSA) is 82.0 Å². The first-order valence-corrected chi connectivity index (χ1v) is 7.31. The van der Waals surface area contributed by atoms with Crippen LogP contribution in [-0.4, -0.2) is 28.1 Å².